The summed E-state index contributed by atoms with van der Waals surface area (Å²) in [5.41, 5.74) is 4.21. The molecule has 13 heteroatoms. The van der Waals surface area contributed by atoms with Crippen LogP contribution >= 0.6 is 0 Å². The number of H-pyrrole nitrogens is 1. The van der Waals surface area contributed by atoms with Crippen molar-refractivity contribution in [1.82, 2.24) is 34.3 Å². The number of nitrogens with zero attached hydrogens (tertiary/aromatic N) is 6. The molecule has 0 bridgehead atoms. The fraction of sp³-hybridized carbons (Fsp3) is 0.469. The van der Waals surface area contributed by atoms with Crippen molar-refractivity contribution in [2.45, 2.75) is 70.9 Å². The molecule has 1 aromatic carbocycles. The second-order valence-electron chi connectivity index (χ2n) is 13.2. The monoisotopic (exact) mass is 631 g/mol. The fourth-order valence-corrected chi connectivity index (χ4v) is 6.56. The zero-order valence-corrected chi connectivity index (χ0v) is 28.0. The van der Waals surface area contributed by atoms with E-state index < -0.39 is 14.3 Å². The van der Waals surface area contributed by atoms with Crippen molar-refractivity contribution in [2.24, 2.45) is 7.05 Å². The Hall–Kier alpha value is -4.07. The highest BCUT2D eigenvalue weighted by Crippen LogP contribution is 2.37. The van der Waals surface area contributed by atoms with Crippen LogP contribution in [0.15, 0.2) is 41.5 Å². The number of aromatic amines is 1. The van der Waals surface area contributed by atoms with Crippen LogP contribution in [0.2, 0.25) is 18.1 Å². The van der Waals surface area contributed by atoms with Crippen LogP contribution in [0.5, 0.6) is 0 Å². The number of benzene rings is 1. The number of ether oxygens (including phenoxy) is 2. The van der Waals surface area contributed by atoms with Crippen LogP contribution in [0, 0.1) is 0 Å². The Balaban J connectivity index is 1.45. The average Bonchev–Trinajstić information content (AvgIpc) is 3.68. The van der Waals surface area contributed by atoms with Gasteiger partial charge in [-0.05, 0) is 55.6 Å². The van der Waals surface area contributed by atoms with Gasteiger partial charge in [-0.2, -0.15) is 10.2 Å². The molecule has 6 rings (SSSR count). The molecule has 0 spiro atoms. The molecule has 1 aliphatic heterocycles. The van der Waals surface area contributed by atoms with Crippen LogP contribution in [0.4, 0.5) is 0 Å². The third-order valence-electron chi connectivity index (χ3n) is 9.19. The molecule has 4 aromatic heterocycles. The second-order valence-corrected chi connectivity index (χ2v) is 18.0. The summed E-state index contributed by atoms with van der Waals surface area (Å²) in [6.07, 6.45) is 6.00. The van der Waals surface area contributed by atoms with Gasteiger partial charge >= 0.3 is 5.97 Å². The predicted octanol–water partition coefficient (Wildman–Crippen LogP) is 5.65. The molecular formula is C32H41N7O5Si. The van der Waals surface area contributed by atoms with Crippen molar-refractivity contribution in [3.05, 3.63) is 52.7 Å². The molecule has 0 saturated carbocycles. The van der Waals surface area contributed by atoms with Gasteiger partial charge < -0.3 is 19.0 Å². The summed E-state index contributed by atoms with van der Waals surface area (Å²) >= 11 is 0. The Labute approximate surface area is 262 Å². The van der Waals surface area contributed by atoms with Gasteiger partial charge in [0.05, 0.1) is 31.3 Å². The molecule has 5 heterocycles. The van der Waals surface area contributed by atoms with Crippen LogP contribution in [0.1, 0.15) is 56.8 Å². The summed E-state index contributed by atoms with van der Waals surface area (Å²) in [5, 5.41) is 14.2. The van der Waals surface area contributed by atoms with Crippen LogP contribution in [0.25, 0.3) is 44.3 Å². The highest BCUT2D eigenvalue weighted by Gasteiger charge is 2.37. The van der Waals surface area contributed by atoms with Crippen molar-refractivity contribution in [2.75, 3.05) is 20.3 Å². The Morgan fingerprint density at radius 1 is 1.13 bits per heavy atom. The molecule has 12 nitrogen and oxygen atoms in total. The fourth-order valence-electron chi connectivity index (χ4n) is 5.53. The van der Waals surface area contributed by atoms with Gasteiger partial charge in [-0.1, -0.05) is 26.8 Å². The minimum absolute atomic E-state index is 0.0690. The highest BCUT2D eigenvalue weighted by molar-refractivity contribution is 6.74. The lowest BCUT2D eigenvalue weighted by Gasteiger charge is -2.36. The number of carbonyl (C=O) groups excluding carboxylic acids is 1. The molecule has 1 saturated heterocycles. The number of aromatic nitrogens is 7. The molecule has 45 heavy (non-hydrogen) atoms. The van der Waals surface area contributed by atoms with E-state index in [0.717, 1.165) is 30.2 Å². The number of nitrogens with one attached hydrogen (secondary N) is 1. The minimum atomic E-state index is -1.98. The molecule has 1 fully saturated rings. The van der Waals surface area contributed by atoms with E-state index in [0.29, 0.717) is 58.8 Å². The largest absolute Gasteiger partial charge is 0.464 e. The summed E-state index contributed by atoms with van der Waals surface area (Å²) < 4.78 is 22.6. The van der Waals surface area contributed by atoms with E-state index in [2.05, 4.69) is 39.0 Å². The van der Waals surface area contributed by atoms with E-state index >= 15 is 0 Å². The van der Waals surface area contributed by atoms with E-state index in [1.54, 1.807) is 24.1 Å². The second kappa shape index (κ2) is 11.7. The average molecular weight is 632 g/mol. The third-order valence-corrected chi connectivity index (χ3v) is 13.7. The van der Waals surface area contributed by atoms with Crippen LogP contribution in [-0.2, 0) is 27.5 Å². The number of hydrogen-bond donors (Lipinski definition) is 1. The van der Waals surface area contributed by atoms with Crippen molar-refractivity contribution >= 4 is 36.2 Å². The van der Waals surface area contributed by atoms with E-state index in [1.807, 2.05) is 28.9 Å². The first kappa shape index (κ1) is 30.9. The summed E-state index contributed by atoms with van der Waals surface area (Å²) in [5.74, 6) is -0.472. The molecular weight excluding hydrogens is 590 g/mol. The van der Waals surface area contributed by atoms with Gasteiger partial charge in [0.2, 0.25) is 0 Å². The predicted molar refractivity (Wildman–Crippen MR) is 175 cm³/mol. The lowest BCUT2D eigenvalue weighted by atomic mass is 10.0. The maximum Gasteiger partial charge on any atom is 0.356 e. The number of fused-ring (bicyclic) bond motifs is 2. The minimum Gasteiger partial charge on any atom is -0.464 e. The number of rotatable bonds is 8. The standard InChI is InChI=1S/C32H41N7O5Si/c1-32(2,3)45(6,7)44-15-13-38-28(31(41)42-5)22-16-20(11-12-25(22)35-38)27-23-17-21(24-19-34-37(4)30(24)40)18-33-29(23)39(36-27)26-10-8-9-14-43-26/h11-12,16-19,26,34H,8-10,13-15H2,1-7H3. The molecule has 238 valence electrons. The number of pyridine rings is 1. The maximum atomic E-state index is 13.1. The molecule has 1 aliphatic rings. The summed E-state index contributed by atoms with van der Waals surface area (Å²) in [4.78, 5) is 30.7. The van der Waals surface area contributed by atoms with Crippen LogP contribution in [0.3, 0.4) is 0 Å². The van der Waals surface area contributed by atoms with Gasteiger partial charge in [0.1, 0.15) is 5.69 Å². The van der Waals surface area contributed by atoms with Crippen molar-refractivity contribution in [1.29, 1.82) is 0 Å². The van der Waals surface area contributed by atoms with Gasteiger partial charge in [-0.25, -0.2) is 14.5 Å². The third kappa shape index (κ3) is 5.64. The smallest absolute Gasteiger partial charge is 0.356 e. The van der Waals surface area contributed by atoms with Gasteiger partial charge in [0.25, 0.3) is 5.56 Å². The Morgan fingerprint density at radius 3 is 2.58 bits per heavy atom. The number of methoxy groups -OCH3 is 1. The quantitative estimate of drug-likeness (QED) is 0.172. The number of carbonyl (C=O) groups is 1. The lowest BCUT2D eigenvalue weighted by Crippen LogP contribution is -2.41. The molecule has 0 amide bonds. The normalized spacial score (nSPS) is 16.1. The summed E-state index contributed by atoms with van der Waals surface area (Å²) in [6.45, 7) is 12.5. The zero-order chi connectivity index (χ0) is 32.1. The highest BCUT2D eigenvalue weighted by atomic mass is 28.4. The first-order chi connectivity index (χ1) is 21.4. The molecule has 1 unspecified atom stereocenters. The van der Waals surface area contributed by atoms with Crippen LogP contribution in [-0.4, -0.2) is 68.9 Å². The van der Waals surface area contributed by atoms with Crippen molar-refractivity contribution < 1.29 is 18.7 Å². The van der Waals surface area contributed by atoms with Crippen molar-refractivity contribution in [3.8, 4) is 22.4 Å². The van der Waals surface area contributed by atoms with Crippen molar-refractivity contribution in [3.63, 3.8) is 0 Å². The number of esters is 1. The summed E-state index contributed by atoms with van der Waals surface area (Å²) in [7, 11) is 1.07. The lowest BCUT2D eigenvalue weighted by molar-refractivity contribution is -0.0368. The number of aryl methyl sites for hydroxylation is 1. The molecule has 0 radical (unpaired) electrons. The Bertz CT molecular complexity index is 1940. The molecule has 1 atom stereocenters. The Morgan fingerprint density at radius 2 is 1.91 bits per heavy atom. The molecule has 0 aliphatic carbocycles. The number of hydrogen-bond acceptors (Lipinski definition) is 8. The first-order valence-electron chi connectivity index (χ1n) is 15.4. The summed E-state index contributed by atoms with van der Waals surface area (Å²) in [6, 6.07) is 7.71. The van der Waals surface area contributed by atoms with Gasteiger partial charge in [-0.3, -0.25) is 14.2 Å². The van der Waals surface area contributed by atoms with Gasteiger partial charge in [0.15, 0.2) is 25.9 Å². The first-order valence-corrected chi connectivity index (χ1v) is 18.3. The Kier molecular flexibility index (Phi) is 8.04. The van der Waals surface area contributed by atoms with E-state index in [4.69, 9.17) is 29.1 Å². The molecule has 5 aromatic rings. The molecule has 1 N–H and O–H groups in total. The topological polar surface area (TPSA) is 131 Å². The van der Waals surface area contributed by atoms with Crippen LogP contribution < -0.4 is 5.56 Å². The van der Waals surface area contributed by atoms with Gasteiger partial charge in [0, 0.05) is 47.9 Å². The van der Waals surface area contributed by atoms with E-state index in [9.17, 15) is 9.59 Å². The SMILES string of the molecule is COC(=O)c1c2cc(-c3nn(C4CCCCO4)c4ncc(-c5c[nH]n(C)c5=O)cc34)ccc2nn1CCO[Si](C)(C)C(C)(C)C. The van der Waals surface area contributed by atoms with Gasteiger partial charge in [-0.15, -0.1) is 0 Å². The van der Waals surface area contributed by atoms with E-state index in [1.165, 1.54) is 11.8 Å². The maximum absolute atomic E-state index is 13.1. The zero-order valence-electron chi connectivity index (χ0n) is 27.0. The van der Waals surface area contributed by atoms with E-state index in [-0.39, 0.29) is 16.8 Å².